The standard InChI is InChI=1S/C14H10S/c1-3-10-6-7-13(12(10)5-1)15-14-8-2-4-11(14)9-14/h1-4,6,8H,5,9H2. The average Bonchev–Trinajstić information content (AvgIpc) is 2.68. The Labute approximate surface area is 93.4 Å². The molecule has 72 valence electrons. The molecule has 0 nitrogen and oxygen atoms in total. The van der Waals surface area contributed by atoms with Gasteiger partial charge in [0.25, 0.3) is 0 Å². The van der Waals surface area contributed by atoms with Crippen LogP contribution in [0.15, 0.2) is 63.8 Å². The van der Waals surface area contributed by atoms with Crippen LogP contribution >= 0.6 is 11.8 Å². The first-order valence-electron chi connectivity index (χ1n) is 5.32. The lowest BCUT2D eigenvalue weighted by Gasteiger charge is -2.10. The molecule has 1 atom stereocenters. The second-order valence-corrected chi connectivity index (χ2v) is 5.72. The molecular formula is C14H10S. The van der Waals surface area contributed by atoms with Crippen molar-refractivity contribution in [1.29, 1.82) is 0 Å². The van der Waals surface area contributed by atoms with E-state index in [1.54, 1.807) is 5.57 Å². The molecule has 1 heteroatoms. The van der Waals surface area contributed by atoms with Crippen LogP contribution in [0.1, 0.15) is 12.8 Å². The minimum absolute atomic E-state index is 0.335. The summed E-state index contributed by atoms with van der Waals surface area (Å²) in [6.07, 6.45) is 15.7. The van der Waals surface area contributed by atoms with Crippen LogP contribution in [0.5, 0.6) is 0 Å². The number of fused-ring (bicyclic) bond motifs is 1. The Kier molecular flexibility index (Phi) is 1.34. The van der Waals surface area contributed by atoms with Crippen LogP contribution in [0.4, 0.5) is 0 Å². The molecule has 0 aromatic carbocycles. The van der Waals surface area contributed by atoms with E-state index < -0.39 is 0 Å². The summed E-state index contributed by atoms with van der Waals surface area (Å²) in [6, 6.07) is 0. The Morgan fingerprint density at radius 3 is 3.20 bits per heavy atom. The zero-order valence-electron chi connectivity index (χ0n) is 8.29. The lowest BCUT2D eigenvalue weighted by Crippen LogP contribution is -1.97. The summed E-state index contributed by atoms with van der Waals surface area (Å²) in [5.74, 6) is 0. The molecule has 0 radical (unpaired) electrons. The average molecular weight is 210 g/mol. The highest BCUT2D eigenvalue weighted by molar-refractivity contribution is 8.05. The largest absolute Gasteiger partial charge is 0.105 e. The third-order valence-corrected chi connectivity index (χ3v) is 4.89. The summed E-state index contributed by atoms with van der Waals surface area (Å²) < 4.78 is 0.335. The highest BCUT2D eigenvalue weighted by Gasteiger charge is 2.50. The second-order valence-electron chi connectivity index (χ2n) is 4.38. The van der Waals surface area contributed by atoms with Crippen molar-refractivity contribution >= 4 is 11.8 Å². The summed E-state index contributed by atoms with van der Waals surface area (Å²) in [5.41, 5.74) is 7.85. The summed E-state index contributed by atoms with van der Waals surface area (Å²) in [6.45, 7) is 0. The topological polar surface area (TPSA) is 0 Å². The number of rotatable bonds is 2. The molecule has 0 bridgehead atoms. The van der Waals surface area contributed by atoms with Gasteiger partial charge in [0.15, 0.2) is 0 Å². The lowest BCUT2D eigenvalue weighted by atomic mass is 10.2. The first-order valence-corrected chi connectivity index (χ1v) is 6.14. The van der Waals surface area contributed by atoms with E-state index >= 15 is 0 Å². The summed E-state index contributed by atoms with van der Waals surface area (Å²) in [4.78, 5) is 1.37. The molecule has 0 N–H and O–H groups in total. The van der Waals surface area contributed by atoms with E-state index in [-0.39, 0.29) is 0 Å². The predicted octanol–water partition coefficient (Wildman–Crippen LogP) is 3.67. The second kappa shape index (κ2) is 2.49. The fraction of sp³-hybridized carbons (Fsp3) is 0.214. The van der Waals surface area contributed by atoms with E-state index in [0.29, 0.717) is 4.75 Å². The maximum atomic E-state index is 3.41. The van der Waals surface area contributed by atoms with Crippen LogP contribution in [0.25, 0.3) is 0 Å². The van der Waals surface area contributed by atoms with Gasteiger partial charge in [-0.15, -0.1) is 17.5 Å². The molecule has 0 saturated heterocycles. The van der Waals surface area contributed by atoms with Gasteiger partial charge in [-0.1, -0.05) is 30.4 Å². The van der Waals surface area contributed by atoms with E-state index in [2.05, 4.69) is 42.2 Å². The summed E-state index contributed by atoms with van der Waals surface area (Å²) in [5, 5.41) is 0. The molecule has 1 fully saturated rings. The number of hydrogen-bond acceptors (Lipinski definition) is 1. The SMILES string of the molecule is C1=CC2=C(CC=C2)C=1SC12C=CC=C1C2. The quantitative estimate of drug-likeness (QED) is 0.627. The first-order chi connectivity index (χ1) is 7.37. The molecule has 0 spiro atoms. The zero-order chi connectivity index (χ0) is 9.88. The minimum atomic E-state index is 0.335. The van der Waals surface area contributed by atoms with Gasteiger partial charge in [0.05, 0.1) is 9.65 Å². The van der Waals surface area contributed by atoms with Crippen molar-refractivity contribution in [1.82, 2.24) is 0 Å². The van der Waals surface area contributed by atoms with Gasteiger partial charge in [0.1, 0.15) is 0 Å². The fourth-order valence-corrected chi connectivity index (χ4v) is 3.82. The van der Waals surface area contributed by atoms with E-state index in [9.17, 15) is 0 Å². The van der Waals surface area contributed by atoms with Crippen molar-refractivity contribution in [3.05, 3.63) is 63.8 Å². The number of allylic oxidation sites excluding steroid dienone is 6. The normalized spacial score (nSPS) is 33.3. The Bertz CT molecular complexity index is 548. The molecule has 0 aliphatic heterocycles. The molecule has 4 aliphatic carbocycles. The van der Waals surface area contributed by atoms with E-state index in [1.165, 1.54) is 22.5 Å². The van der Waals surface area contributed by atoms with Crippen LogP contribution in [0.2, 0.25) is 0 Å². The monoisotopic (exact) mass is 210 g/mol. The molecular weight excluding hydrogens is 200 g/mol. The summed E-state index contributed by atoms with van der Waals surface area (Å²) in [7, 11) is 0. The van der Waals surface area contributed by atoms with E-state index in [1.807, 2.05) is 11.8 Å². The minimum Gasteiger partial charge on any atom is -0.105 e. The van der Waals surface area contributed by atoms with Gasteiger partial charge in [-0.25, -0.2) is 0 Å². The van der Waals surface area contributed by atoms with E-state index in [0.717, 1.165) is 6.42 Å². The van der Waals surface area contributed by atoms with Crippen LogP contribution in [-0.4, -0.2) is 4.75 Å². The molecule has 0 aromatic rings. The third-order valence-electron chi connectivity index (χ3n) is 3.42. The molecule has 0 heterocycles. The Hall–Kier alpha value is -1.17. The van der Waals surface area contributed by atoms with Gasteiger partial charge < -0.3 is 0 Å². The highest BCUT2D eigenvalue weighted by atomic mass is 32.2. The van der Waals surface area contributed by atoms with Crippen molar-refractivity contribution in [2.75, 3.05) is 0 Å². The van der Waals surface area contributed by atoms with Crippen LogP contribution in [0, 0.1) is 0 Å². The first kappa shape index (κ1) is 8.04. The van der Waals surface area contributed by atoms with E-state index in [4.69, 9.17) is 0 Å². The third kappa shape index (κ3) is 0.998. The fourth-order valence-electron chi connectivity index (χ4n) is 2.44. The van der Waals surface area contributed by atoms with Crippen molar-refractivity contribution < 1.29 is 0 Å². The van der Waals surface area contributed by atoms with Gasteiger partial charge in [-0.2, -0.15) is 0 Å². The molecule has 4 aliphatic rings. The summed E-state index contributed by atoms with van der Waals surface area (Å²) >= 11 is 1.99. The van der Waals surface area contributed by atoms with Gasteiger partial charge >= 0.3 is 0 Å². The van der Waals surface area contributed by atoms with Crippen LogP contribution < -0.4 is 0 Å². The number of thioether (sulfide) groups is 1. The smallest absolute Gasteiger partial charge is 0.0645 e. The molecule has 4 rings (SSSR count). The molecule has 0 aromatic heterocycles. The van der Waals surface area contributed by atoms with Gasteiger partial charge in [0, 0.05) is 0 Å². The zero-order valence-corrected chi connectivity index (χ0v) is 9.10. The maximum absolute atomic E-state index is 3.41. The van der Waals surface area contributed by atoms with Crippen LogP contribution in [0.3, 0.4) is 0 Å². The van der Waals surface area contributed by atoms with Gasteiger partial charge in [-0.3, -0.25) is 0 Å². The molecule has 1 unspecified atom stereocenters. The number of hydrogen-bond donors (Lipinski definition) is 0. The van der Waals surface area contributed by atoms with Gasteiger partial charge in [0.2, 0.25) is 0 Å². The van der Waals surface area contributed by atoms with Crippen molar-refractivity contribution in [3.8, 4) is 0 Å². The van der Waals surface area contributed by atoms with Gasteiger partial charge in [-0.05, 0) is 35.6 Å². The predicted molar refractivity (Wildman–Crippen MR) is 64.5 cm³/mol. The maximum Gasteiger partial charge on any atom is 0.0645 e. The molecule has 0 amide bonds. The van der Waals surface area contributed by atoms with Crippen molar-refractivity contribution in [3.63, 3.8) is 0 Å². The molecule has 15 heavy (non-hydrogen) atoms. The lowest BCUT2D eigenvalue weighted by molar-refractivity contribution is 1.23. The Morgan fingerprint density at radius 1 is 1.40 bits per heavy atom. The van der Waals surface area contributed by atoms with Crippen molar-refractivity contribution in [2.24, 2.45) is 0 Å². The van der Waals surface area contributed by atoms with Crippen LogP contribution in [-0.2, 0) is 0 Å². The molecule has 1 saturated carbocycles. The Balaban J connectivity index is 1.65. The highest BCUT2D eigenvalue weighted by Crippen LogP contribution is 2.61. The Morgan fingerprint density at radius 2 is 2.40 bits per heavy atom. The van der Waals surface area contributed by atoms with Crippen molar-refractivity contribution in [2.45, 2.75) is 17.6 Å².